The highest BCUT2D eigenvalue weighted by Gasteiger charge is 2.32. The third-order valence-corrected chi connectivity index (χ3v) is 1.84. The highest BCUT2D eigenvalue weighted by molar-refractivity contribution is 5.88. The molecule has 0 spiro atoms. The molecule has 1 saturated heterocycles. The van der Waals surface area contributed by atoms with Crippen LogP contribution in [0, 0.1) is 0 Å². The van der Waals surface area contributed by atoms with E-state index in [4.69, 9.17) is 10.5 Å². The summed E-state index contributed by atoms with van der Waals surface area (Å²) in [5.41, 5.74) is 5.36. The SMILES string of the molecule is NCC1CN(c2ccon2)C(=O)O1. The molecule has 0 radical (unpaired) electrons. The van der Waals surface area contributed by atoms with Gasteiger partial charge in [0.05, 0.1) is 6.54 Å². The maximum Gasteiger partial charge on any atom is 0.416 e. The molecule has 13 heavy (non-hydrogen) atoms. The van der Waals surface area contributed by atoms with Crippen molar-refractivity contribution >= 4 is 11.9 Å². The fraction of sp³-hybridized carbons (Fsp3) is 0.429. The van der Waals surface area contributed by atoms with Gasteiger partial charge in [-0.2, -0.15) is 0 Å². The summed E-state index contributed by atoms with van der Waals surface area (Å²) in [6.45, 7) is 0.752. The lowest BCUT2D eigenvalue weighted by Gasteiger charge is -2.06. The van der Waals surface area contributed by atoms with E-state index in [9.17, 15) is 4.79 Å². The van der Waals surface area contributed by atoms with Crippen molar-refractivity contribution in [2.75, 3.05) is 18.0 Å². The summed E-state index contributed by atoms with van der Waals surface area (Å²) in [5.74, 6) is 0.459. The van der Waals surface area contributed by atoms with Gasteiger partial charge in [0, 0.05) is 12.6 Å². The second-order valence-corrected chi connectivity index (χ2v) is 2.71. The average molecular weight is 183 g/mol. The van der Waals surface area contributed by atoms with Crippen LogP contribution in [0.1, 0.15) is 0 Å². The molecule has 0 aliphatic carbocycles. The van der Waals surface area contributed by atoms with Crippen LogP contribution in [0.15, 0.2) is 16.9 Å². The predicted octanol–water partition coefficient (Wildman–Crippen LogP) is -0.0415. The Morgan fingerprint density at radius 2 is 2.62 bits per heavy atom. The molecule has 1 aliphatic heterocycles. The molecule has 1 fully saturated rings. The van der Waals surface area contributed by atoms with Crippen LogP contribution in [-0.4, -0.2) is 30.4 Å². The molecule has 1 atom stereocenters. The third kappa shape index (κ3) is 1.35. The number of carbonyl (C=O) groups is 1. The smallest absolute Gasteiger partial charge is 0.416 e. The third-order valence-electron chi connectivity index (χ3n) is 1.84. The first kappa shape index (κ1) is 8.06. The van der Waals surface area contributed by atoms with E-state index in [0.717, 1.165) is 0 Å². The van der Waals surface area contributed by atoms with Gasteiger partial charge in [-0.25, -0.2) is 4.79 Å². The number of ether oxygens (including phenoxy) is 1. The van der Waals surface area contributed by atoms with Gasteiger partial charge in [-0.05, 0) is 0 Å². The summed E-state index contributed by atoms with van der Waals surface area (Å²) in [4.78, 5) is 12.6. The number of anilines is 1. The Balaban J connectivity index is 2.14. The number of amides is 1. The van der Waals surface area contributed by atoms with E-state index < -0.39 is 6.09 Å². The first-order chi connectivity index (χ1) is 6.31. The quantitative estimate of drug-likeness (QED) is 0.695. The zero-order valence-corrected chi connectivity index (χ0v) is 6.84. The van der Waals surface area contributed by atoms with Crippen molar-refractivity contribution in [1.29, 1.82) is 0 Å². The molecule has 1 amide bonds. The van der Waals surface area contributed by atoms with Gasteiger partial charge in [0.1, 0.15) is 12.4 Å². The number of cyclic esters (lactones) is 1. The minimum atomic E-state index is -0.427. The van der Waals surface area contributed by atoms with Crippen LogP contribution in [0.25, 0.3) is 0 Å². The normalized spacial score (nSPS) is 22.1. The number of nitrogens with two attached hydrogens (primary N) is 1. The van der Waals surface area contributed by atoms with Crippen molar-refractivity contribution in [2.24, 2.45) is 5.73 Å². The number of hydrogen-bond donors (Lipinski definition) is 1. The Kier molecular flexibility index (Phi) is 1.90. The standard InChI is InChI=1S/C7H9N3O3/c8-3-5-4-10(7(11)13-5)6-1-2-12-9-6/h1-2,5H,3-4,8H2. The van der Waals surface area contributed by atoms with Gasteiger partial charge in [-0.15, -0.1) is 0 Å². The zero-order valence-electron chi connectivity index (χ0n) is 6.84. The van der Waals surface area contributed by atoms with Crippen LogP contribution >= 0.6 is 0 Å². The van der Waals surface area contributed by atoms with Gasteiger partial charge in [-0.3, -0.25) is 4.90 Å². The molecule has 0 saturated carbocycles. The molecule has 1 aromatic heterocycles. The number of aromatic nitrogens is 1. The number of rotatable bonds is 2. The highest BCUT2D eigenvalue weighted by atomic mass is 16.6. The molecular weight excluding hydrogens is 174 g/mol. The maximum absolute atomic E-state index is 11.2. The highest BCUT2D eigenvalue weighted by Crippen LogP contribution is 2.18. The fourth-order valence-corrected chi connectivity index (χ4v) is 1.18. The Labute approximate surface area is 74.2 Å². The van der Waals surface area contributed by atoms with Crippen molar-refractivity contribution in [2.45, 2.75) is 6.10 Å². The van der Waals surface area contributed by atoms with E-state index in [1.807, 2.05) is 0 Å². The Bertz CT molecular complexity index is 298. The average Bonchev–Trinajstić information content (AvgIpc) is 2.72. The first-order valence-corrected chi connectivity index (χ1v) is 3.90. The topological polar surface area (TPSA) is 81.6 Å². The summed E-state index contributed by atoms with van der Waals surface area (Å²) in [6, 6.07) is 1.60. The minimum absolute atomic E-state index is 0.246. The maximum atomic E-state index is 11.2. The van der Waals surface area contributed by atoms with E-state index >= 15 is 0 Å². The second kappa shape index (κ2) is 3.06. The molecule has 0 aromatic carbocycles. The van der Waals surface area contributed by atoms with Crippen molar-refractivity contribution in [1.82, 2.24) is 5.16 Å². The summed E-state index contributed by atoms with van der Waals surface area (Å²) >= 11 is 0. The number of hydrogen-bond acceptors (Lipinski definition) is 5. The van der Waals surface area contributed by atoms with Crippen molar-refractivity contribution in [3.05, 3.63) is 12.3 Å². The molecule has 1 aromatic rings. The van der Waals surface area contributed by atoms with Gasteiger partial charge in [-0.1, -0.05) is 5.16 Å². The Hall–Kier alpha value is -1.56. The minimum Gasteiger partial charge on any atom is -0.443 e. The molecule has 1 unspecified atom stereocenters. The van der Waals surface area contributed by atoms with Gasteiger partial charge < -0.3 is 15.0 Å². The predicted molar refractivity (Wildman–Crippen MR) is 43.2 cm³/mol. The molecule has 1 aliphatic rings. The largest absolute Gasteiger partial charge is 0.443 e. The summed E-state index contributed by atoms with van der Waals surface area (Å²) < 4.78 is 9.54. The molecule has 2 heterocycles. The molecule has 6 heteroatoms. The van der Waals surface area contributed by atoms with Crippen LogP contribution < -0.4 is 10.6 Å². The molecule has 2 N–H and O–H groups in total. The molecular formula is C7H9N3O3. The van der Waals surface area contributed by atoms with Crippen LogP contribution in [0.2, 0.25) is 0 Å². The number of nitrogens with zero attached hydrogens (tertiary/aromatic N) is 2. The van der Waals surface area contributed by atoms with Crippen LogP contribution in [-0.2, 0) is 4.74 Å². The fourth-order valence-electron chi connectivity index (χ4n) is 1.18. The van der Waals surface area contributed by atoms with E-state index in [-0.39, 0.29) is 6.10 Å². The van der Waals surface area contributed by atoms with E-state index in [1.165, 1.54) is 11.2 Å². The van der Waals surface area contributed by atoms with E-state index in [2.05, 4.69) is 9.68 Å². The van der Waals surface area contributed by atoms with E-state index in [0.29, 0.717) is 18.9 Å². The summed E-state index contributed by atoms with van der Waals surface area (Å²) in [5, 5.41) is 3.63. The van der Waals surface area contributed by atoms with E-state index in [1.54, 1.807) is 6.07 Å². The lowest BCUT2D eigenvalue weighted by Crippen LogP contribution is -2.27. The first-order valence-electron chi connectivity index (χ1n) is 3.90. The van der Waals surface area contributed by atoms with Gasteiger partial charge in [0.15, 0.2) is 5.82 Å². The van der Waals surface area contributed by atoms with Crippen molar-refractivity contribution in [3.8, 4) is 0 Å². The molecule has 70 valence electrons. The van der Waals surface area contributed by atoms with Gasteiger partial charge >= 0.3 is 6.09 Å². The lowest BCUT2D eigenvalue weighted by atomic mass is 10.3. The molecule has 0 bridgehead atoms. The lowest BCUT2D eigenvalue weighted by molar-refractivity contribution is 0.145. The van der Waals surface area contributed by atoms with Crippen LogP contribution in [0.3, 0.4) is 0 Å². The van der Waals surface area contributed by atoms with Gasteiger partial charge in [0.2, 0.25) is 0 Å². The van der Waals surface area contributed by atoms with Crippen LogP contribution in [0.5, 0.6) is 0 Å². The Morgan fingerprint density at radius 3 is 3.15 bits per heavy atom. The second-order valence-electron chi connectivity index (χ2n) is 2.71. The van der Waals surface area contributed by atoms with Gasteiger partial charge in [0.25, 0.3) is 0 Å². The number of carbonyl (C=O) groups excluding carboxylic acids is 1. The summed E-state index contributed by atoms with van der Waals surface area (Å²) in [6.07, 6.45) is 0.729. The van der Waals surface area contributed by atoms with Crippen LogP contribution in [0.4, 0.5) is 10.6 Å². The molecule has 2 rings (SSSR count). The molecule has 6 nitrogen and oxygen atoms in total. The van der Waals surface area contributed by atoms with Crippen molar-refractivity contribution < 1.29 is 14.1 Å². The Morgan fingerprint density at radius 1 is 1.77 bits per heavy atom. The summed E-state index contributed by atoms with van der Waals surface area (Å²) in [7, 11) is 0. The van der Waals surface area contributed by atoms with Crippen molar-refractivity contribution in [3.63, 3.8) is 0 Å². The monoisotopic (exact) mass is 183 g/mol. The zero-order chi connectivity index (χ0) is 9.26.